The maximum absolute atomic E-state index is 12.8. The number of ether oxygens (including phenoxy) is 1. The van der Waals surface area contributed by atoms with Crippen LogP contribution in [0.1, 0.15) is 10.7 Å². The molecule has 0 N–H and O–H groups in total. The van der Waals surface area contributed by atoms with Crippen molar-refractivity contribution < 1.29 is 17.6 Å². The lowest BCUT2D eigenvalue weighted by atomic mass is 10.2. The van der Waals surface area contributed by atoms with E-state index in [-0.39, 0.29) is 10.8 Å². The number of hydrogen-bond donors (Lipinski definition) is 0. The monoisotopic (exact) mass is 438 g/mol. The molecule has 8 nitrogen and oxygen atoms in total. The summed E-state index contributed by atoms with van der Waals surface area (Å²) in [6, 6.07) is 6.57. The van der Waals surface area contributed by atoms with Crippen LogP contribution in [0.3, 0.4) is 0 Å². The molecule has 0 unspecified atom stereocenters. The van der Waals surface area contributed by atoms with Crippen molar-refractivity contribution in [2.24, 2.45) is 0 Å². The van der Waals surface area contributed by atoms with Gasteiger partial charge in [-0.1, -0.05) is 17.8 Å². The molecular formula is C17H18N4O4S3. The van der Waals surface area contributed by atoms with Crippen molar-refractivity contribution in [1.29, 1.82) is 0 Å². The van der Waals surface area contributed by atoms with Crippen LogP contribution in [0.4, 0.5) is 0 Å². The molecule has 0 spiro atoms. The molecule has 28 heavy (non-hydrogen) atoms. The molecule has 0 bridgehead atoms. The molecule has 1 aliphatic heterocycles. The Kier molecular flexibility index (Phi) is 5.78. The van der Waals surface area contributed by atoms with Gasteiger partial charge in [-0.2, -0.15) is 4.31 Å². The standard InChI is InChI=1S/C17H18N4O4S3/c1-12-18-14(10-26-12)11-27-17-20-19-16(25-17)13-3-2-4-15(9-13)28(22,23)21-5-7-24-8-6-21/h2-4,9-10H,5-8,11H2,1H3. The number of sulfonamides is 1. The highest BCUT2D eigenvalue weighted by Gasteiger charge is 2.26. The van der Waals surface area contributed by atoms with Gasteiger partial charge in [0, 0.05) is 29.8 Å². The summed E-state index contributed by atoms with van der Waals surface area (Å²) in [6.07, 6.45) is 0. The molecule has 0 amide bonds. The Morgan fingerprint density at radius 1 is 1.25 bits per heavy atom. The summed E-state index contributed by atoms with van der Waals surface area (Å²) in [5.41, 5.74) is 1.53. The van der Waals surface area contributed by atoms with Gasteiger partial charge in [0.15, 0.2) is 0 Å². The zero-order valence-electron chi connectivity index (χ0n) is 15.1. The third-order valence-corrected chi connectivity index (χ3v) is 7.67. The number of thiazole rings is 1. The van der Waals surface area contributed by atoms with Crippen LogP contribution in [0.15, 0.2) is 44.2 Å². The van der Waals surface area contributed by atoms with E-state index in [2.05, 4.69) is 15.2 Å². The van der Waals surface area contributed by atoms with Crippen LogP contribution >= 0.6 is 23.1 Å². The average molecular weight is 439 g/mol. The van der Waals surface area contributed by atoms with Crippen LogP contribution in [0.2, 0.25) is 0 Å². The van der Waals surface area contributed by atoms with Crippen molar-refractivity contribution in [2.45, 2.75) is 22.8 Å². The number of benzene rings is 1. The Labute approximate surface area is 171 Å². The smallest absolute Gasteiger partial charge is 0.277 e. The van der Waals surface area contributed by atoms with Gasteiger partial charge in [-0.05, 0) is 25.1 Å². The molecule has 1 fully saturated rings. The topological polar surface area (TPSA) is 98.4 Å². The lowest BCUT2D eigenvalue weighted by Gasteiger charge is -2.26. The highest BCUT2D eigenvalue weighted by molar-refractivity contribution is 7.98. The number of aromatic nitrogens is 3. The second-order valence-electron chi connectivity index (χ2n) is 6.06. The van der Waals surface area contributed by atoms with Gasteiger partial charge in [0.25, 0.3) is 5.22 Å². The third kappa shape index (κ3) is 4.28. The van der Waals surface area contributed by atoms with Crippen LogP contribution in [0, 0.1) is 6.92 Å². The minimum absolute atomic E-state index is 0.206. The van der Waals surface area contributed by atoms with Gasteiger partial charge in [0.05, 0.1) is 28.8 Å². The van der Waals surface area contributed by atoms with Crippen molar-refractivity contribution in [3.8, 4) is 11.5 Å². The lowest BCUT2D eigenvalue weighted by molar-refractivity contribution is 0.0730. The summed E-state index contributed by atoms with van der Waals surface area (Å²) in [4.78, 5) is 4.61. The van der Waals surface area contributed by atoms with E-state index in [1.54, 1.807) is 35.6 Å². The molecule has 0 aliphatic carbocycles. The Hall–Kier alpha value is -1.79. The molecule has 148 valence electrons. The maximum Gasteiger partial charge on any atom is 0.277 e. The van der Waals surface area contributed by atoms with Gasteiger partial charge in [-0.25, -0.2) is 13.4 Å². The molecule has 11 heteroatoms. The molecule has 4 rings (SSSR count). The molecule has 1 aromatic carbocycles. The number of aryl methyl sites for hydroxylation is 1. The first-order valence-electron chi connectivity index (χ1n) is 8.58. The van der Waals surface area contributed by atoms with Crippen LogP contribution in [-0.2, 0) is 20.5 Å². The first-order chi connectivity index (χ1) is 13.5. The highest BCUT2D eigenvalue weighted by atomic mass is 32.2. The summed E-state index contributed by atoms with van der Waals surface area (Å²) in [6.45, 7) is 3.47. The lowest BCUT2D eigenvalue weighted by Crippen LogP contribution is -2.40. The largest absolute Gasteiger partial charge is 0.411 e. The summed E-state index contributed by atoms with van der Waals surface area (Å²) in [7, 11) is -3.58. The van der Waals surface area contributed by atoms with Gasteiger partial charge in [0.2, 0.25) is 15.9 Å². The molecule has 0 saturated carbocycles. The number of nitrogens with zero attached hydrogens (tertiary/aromatic N) is 4. The van der Waals surface area contributed by atoms with Crippen molar-refractivity contribution >= 4 is 33.1 Å². The van der Waals surface area contributed by atoms with Crippen molar-refractivity contribution in [3.63, 3.8) is 0 Å². The number of rotatable bonds is 6. The van der Waals surface area contributed by atoms with E-state index >= 15 is 0 Å². The zero-order chi connectivity index (χ0) is 19.6. The zero-order valence-corrected chi connectivity index (χ0v) is 17.5. The number of morpholine rings is 1. The molecular weight excluding hydrogens is 420 g/mol. The van der Waals surface area contributed by atoms with Gasteiger partial charge in [-0.3, -0.25) is 0 Å². The van der Waals surface area contributed by atoms with Gasteiger partial charge >= 0.3 is 0 Å². The average Bonchev–Trinajstić information content (AvgIpc) is 3.36. The second-order valence-corrected chi connectivity index (χ2v) is 9.99. The van der Waals surface area contributed by atoms with Crippen LogP contribution in [0.25, 0.3) is 11.5 Å². The van der Waals surface area contributed by atoms with Gasteiger partial charge in [0.1, 0.15) is 0 Å². The Morgan fingerprint density at radius 2 is 2.07 bits per heavy atom. The fourth-order valence-corrected chi connectivity index (χ4v) is 5.55. The van der Waals surface area contributed by atoms with E-state index in [1.807, 2.05) is 12.3 Å². The van der Waals surface area contributed by atoms with Crippen molar-refractivity contribution in [1.82, 2.24) is 19.5 Å². The molecule has 3 heterocycles. The van der Waals surface area contributed by atoms with Crippen molar-refractivity contribution in [2.75, 3.05) is 26.3 Å². The molecule has 3 aromatic rings. The molecule has 2 aromatic heterocycles. The molecule has 1 saturated heterocycles. The summed E-state index contributed by atoms with van der Waals surface area (Å²) < 4.78 is 38.0. The normalized spacial score (nSPS) is 15.8. The third-order valence-electron chi connectivity index (χ3n) is 4.11. The quantitative estimate of drug-likeness (QED) is 0.542. The van der Waals surface area contributed by atoms with Gasteiger partial charge < -0.3 is 9.15 Å². The summed E-state index contributed by atoms with van der Waals surface area (Å²) in [5.74, 6) is 0.924. The first kappa shape index (κ1) is 19.5. The van der Waals surface area contributed by atoms with E-state index < -0.39 is 10.0 Å². The predicted octanol–water partition coefficient (Wildman–Crippen LogP) is 2.81. The minimum atomic E-state index is -3.58. The van der Waals surface area contributed by atoms with E-state index in [9.17, 15) is 8.42 Å². The van der Waals surface area contributed by atoms with Crippen molar-refractivity contribution in [3.05, 3.63) is 40.3 Å². The fraction of sp³-hybridized carbons (Fsp3) is 0.353. The van der Waals surface area contributed by atoms with Crippen LogP contribution in [-0.4, -0.2) is 54.2 Å². The van der Waals surface area contributed by atoms with E-state index in [0.717, 1.165) is 10.7 Å². The van der Waals surface area contributed by atoms with E-state index in [1.165, 1.54) is 16.1 Å². The predicted molar refractivity (Wildman–Crippen MR) is 106 cm³/mol. The van der Waals surface area contributed by atoms with Crippen LogP contribution < -0.4 is 0 Å². The van der Waals surface area contributed by atoms with Crippen LogP contribution in [0.5, 0.6) is 0 Å². The highest BCUT2D eigenvalue weighted by Crippen LogP contribution is 2.28. The minimum Gasteiger partial charge on any atom is -0.411 e. The SMILES string of the molecule is Cc1nc(CSc2nnc(-c3cccc(S(=O)(=O)N4CCOCC4)c3)o2)cs1. The number of hydrogen-bond acceptors (Lipinski definition) is 9. The molecule has 1 aliphatic rings. The summed E-state index contributed by atoms with van der Waals surface area (Å²) >= 11 is 3.00. The van der Waals surface area contributed by atoms with E-state index in [0.29, 0.717) is 42.8 Å². The number of thioether (sulfide) groups is 1. The maximum atomic E-state index is 12.8. The Balaban J connectivity index is 1.50. The summed E-state index contributed by atoms with van der Waals surface area (Å²) in [5, 5.41) is 11.5. The second kappa shape index (κ2) is 8.29. The first-order valence-corrected chi connectivity index (χ1v) is 11.9. The Morgan fingerprint density at radius 3 is 2.82 bits per heavy atom. The fourth-order valence-electron chi connectivity index (χ4n) is 2.72. The van der Waals surface area contributed by atoms with Gasteiger partial charge in [-0.15, -0.1) is 21.5 Å². The van der Waals surface area contributed by atoms with E-state index in [4.69, 9.17) is 9.15 Å². The molecule has 0 atom stereocenters. The Bertz CT molecular complexity index is 1060. The molecule has 0 radical (unpaired) electrons.